The summed E-state index contributed by atoms with van der Waals surface area (Å²) in [6, 6.07) is 77.0. The molecule has 13 rings (SSSR count). The van der Waals surface area contributed by atoms with E-state index in [9.17, 15) is 0 Å². The summed E-state index contributed by atoms with van der Waals surface area (Å²) in [6.45, 7) is 38.0. The molecule has 1 fully saturated rings. The summed E-state index contributed by atoms with van der Waals surface area (Å²) in [5.74, 6) is 0.803. The maximum absolute atomic E-state index is 2.86. The zero-order valence-corrected chi connectivity index (χ0v) is 54.4. The predicted molar refractivity (Wildman–Crippen MR) is 372 cm³/mol. The first-order chi connectivity index (χ1) is 40.8. The summed E-state index contributed by atoms with van der Waals surface area (Å²) in [7, 11) is 0. The molecule has 0 saturated heterocycles. The Hall–Kier alpha value is -7.56. The molecule has 3 aliphatic heterocycles. The lowest BCUT2D eigenvalue weighted by Crippen LogP contribution is -2.61. The number of hydrogen-bond acceptors (Lipinski definition) is 3. The molecule has 0 spiro atoms. The molecule has 1 aliphatic carbocycles. The van der Waals surface area contributed by atoms with Gasteiger partial charge in [-0.1, -0.05) is 256 Å². The van der Waals surface area contributed by atoms with Crippen molar-refractivity contribution in [3.05, 3.63) is 233 Å². The first kappa shape index (κ1) is 57.5. The highest BCUT2D eigenvalue weighted by molar-refractivity contribution is 7.00. The van der Waals surface area contributed by atoms with Crippen LogP contribution in [0.1, 0.15) is 181 Å². The number of benzene rings is 9. The fraction of sp³-hybridized carbons (Fsp3) is 0.341. The molecule has 3 atom stereocenters. The third kappa shape index (κ3) is 9.20. The van der Waals surface area contributed by atoms with Crippen LogP contribution in [0.3, 0.4) is 0 Å². The normalized spacial score (nSPS) is 18.6. The van der Waals surface area contributed by atoms with E-state index in [0.29, 0.717) is 11.8 Å². The van der Waals surface area contributed by atoms with Gasteiger partial charge in [-0.25, -0.2) is 0 Å². The number of para-hydroxylation sites is 1. The van der Waals surface area contributed by atoms with Crippen molar-refractivity contribution in [3.63, 3.8) is 0 Å². The van der Waals surface area contributed by atoms with Crippen LogP contribution in [0.4, 0.5) is 45.5 Å². The van der Waals surface area contributed by atoms with Gasteiger partial charge in [-0.05, 0) is 174 Å². The van der Waals surface area contributed by atoms with Gasteiger partial charge in [0.1, 0.15) is 0 Å². The fourth-order valence-corrected chi connectivity index (χ4v) is 15.5. The highest BCUT2D eigenvalue weighted by atomic mass is 15.3. The van der Waals surface area contributed by atoms with Gasteiger partial charge in [-0.15, -0.1) is 0 Å². The van der Waals surface area contributed by atoms with Gasteiger partial charge < -0.3 is 14.7 Å². The van der Waals surface area contributed by atoms with Crippen LogP contribution in [0.2, 0.25) is 0 Å². The van der Waals surface area contributed by atoms with Crippen molar-refractivity contribution in [1.82, 2.24) is 0 Å². The van der Waals surface area contributed by atoms with E-state index in [2.05, 4.69) is 320 Å². The first-order valence-corrected chi connectivity index (χ1v) is 32.3. The Morgan fingerprint density at radius 1 is 0.407 bits per heavy atom. The first-order valence-electron chi connectivity index (χ1n) is 32.3. The largest absolute Gasteiger partial charge is 0.334 e. The lowest BCUT2D eigenvalue weighted by molar-refractivity contribution is 0.215. The smallest absolute Gasteiger partial charge is 0.252 e. The van der Waals surface area contributed by atoms with Gasteiger partial charge >= 0.3 is 0 Å². The third-order valence-electron chi connectivity index (χ3n) is 20.8. The minimum atomic E-state index is -0.320. The SMILES string of the molecule is CC(C)C(C)c1ccc2c(c1)N(c1ccc(C(C)(C)C)cc1-c1ccccc1)c1cc(N3c4ccccc4C4(c5ccc(C(C)(C)C)cc5)CCCCC34C)cc3c1B2c1ccc(C(C)(C)C)cc1N3c1ccc(C(C)(C)C)cc1-c1ccccc1. The second-order valence-corrected chi connectivity index (χ2v) is 30.6. The molecule has 3 unspecified atom stereocenters. The number of rotatable bonds is 8. The molecule has 9 aromatic rings. The molecule has 4 aliphatic rings. The fourth-order valence-electron chi connectivity index (χ4n) is 15.5. The van der Waals surface area contributed by atoms with Crippen LogP contribution < -0.4 is 31.1 Å². The maximum atomic E-state index is 2.86. The quantitative estimate of drug-likeness (QED) is 0.140. The van der Waals surface area contributed by atoms with Crippen LogP contribution in [0.25, 0.3) is 22.3 Å². The van der Waals surface area contributed by atoms with Gasteiger partial charge in [0, 0.05) is 50.7 Å². The lowest BCUT2D eigenvalue weighted by Gasteiger charge is -2.53. The van der Waals surface area contributed by atoms with Gasteiger partial charge in [-0.2, -0.15) is 0 Å². The van der Waals surface area contributed by atoms with Crippen LogP contribution in [0, 0.1) is 5.92 Å². The van der Waals surface area contributed by atoms with Crippen LogP contribution >= 0.6 is 0 Å². The van der Waals surface area contributed by atoms with Crippen LogP contribution in [0.5, 0.6) is 0 Å². The maximum Gasteiger partial charge on any atom is 0.252 e. The van der Waals surface area contributed by atoms with Gasteiger partial charge in [0.25, 0.3) is 6.71 Å². The van der Waals surface area contributed by atoms with E-state index in [1.54, 1.807) is 0 Å². The molecule has 436 valence electrons. The molecule has 0 N–H and O–H groups in total. The zero-order chi connectivity index (χ0) is 60.6. The van der Waals surface area contributed by atoms with Crippen molar-refractivity contribution in [2.75, 3.05) is 14.7 Å². The Labute approximate surface area is 516 Å². The molecule has 3 nitrogen and oxygen atoms in total. The minimum absolute atomic E-state index is 0.0468. The van der Waals surface area contributed by atoms with E-state index in [-0.39, 0.29) is 39.3 Å². The van der Waals surface area contributed by atoms with Crippen LogP contribution in [-0.2, 0) is 27.1 Å². The number of nitrogens with zero attached hydrogens (tertiary/aromatic N) is 3. The molecule has 4 heteroatoms. The van der Waals surface area contributed by atoms with Crippen molar-refractivity contribution in [1.29, 1.82) is 0 Å². The summed E-state index contributed by atoms with van der Waals surface area (Å²) in [5.41, 5.74) is 27.6. The van der Waals surface area contributed by atoms with Crippen LogP contribution in [-0.4, -0.2) is 12.3 Å². The molecule has 0 amide bonds. The van der Waals surface area contributed by atoms with Gasteiger partial charge in [0.2, 0.25) is 0 Å². The molecular formula is C82H90BN3. The Morgan fingerprint density at radius 3 is 1.38 bits per heavy atom. The monoisotopic (exact) mass is 1130 g/mol. The molecule has 0 aromatic heterocycles. The van der Waals surface area contributed by atoms with Gasteiger partial charge in [-0.3, -0.25) is 0 Å². The Morgan fingerprint density at radius 2 is 0.860 bits per heavy atom. The van der Waals surface area contributed by atoms with Crippen molar-refractivity contribution in [2.45, 2.75) is 175 Å². The van der Waals surface area contributed by atoms with Gasteiger partial charge in [0.05, 0.1) is 16.9 Å². The van der Waals surface area contributed by atoms with Gasteiger partial charge in [0.15, 0.2) is 0 Å². The van der Waals surface area contributed by atoms with E-state index < -0.39 is 0 Å². The van der Waals surface area contributed by atoms with Crippen molar-refractivity contribution in [3.8, 4) is 22.3 Å². The average Bonchev–Trinajstić information content (AvgIpc) is 1.30. The average molecular weight is 1130 g/mol. The van der Waals surface area contributed by atoms with E-state index in [0.717, 1.165) is 19.3 Å². The van der Waals surface area contributed by atoms with E-state index in [1.807, 2.05) is 0 Å². The van der Waals surface area contributed by atoms with E-state index in [4.69, 9.17) is 0 Å². The zero-order valence-electron chi connectivity index (χ0n) is 54.4. The number of fused-ring (bicyclic) bond motifs is 7. The Kier molecular flexibility index (Phi) is 13.7. The number of hydrogen-bond donors (Lipinski definition) is 0. The molecule has 3 heterocycles. The minimum Gasteiger partial charge on any atom is -0.334 e. The summed E-state index contributed by atoms with van der Waals surface area (Å²) in [4.78, 5) is 8.31. The predicted octanol–water partition coefficient (Wildman–Crippen LogP) is 20.8. The molecule has 86 heavy (non-hydrogen) atoms. The number of anilines is 8. The second kappa shape index (κ2) is 20.5. The summed E-state index contributed by atoms with van der Waals surface area (Å²) in [5, 5.41) is 0. The van der Waals surface area contributed by atoms with E-state index >= 15 is 0 Å². The van der Waals surface area contributed by atoms with Crippen LogP contribution in [0.15, 0.2) is 194 Å². The molecular weight excluding hydrogens is 1040 g/mol. The summed E-state index contributed by atoms with van der Waals surface area (Å²) < 4.78 is 0. The highest BCUT2D eigenvalue weighted by Crippen LogP contribution is 2.65. The third-order valence-corrected chi connectivity index (χ3v) is 20.8. The Bertz CT molecular complexity index is 4070. The molecule has 0 radical (unpaired) electrons. The summed E-state index contributed by atoms with van der Waals surface area (Å²) in [6.07, 6.45) is 4.48. The second-order valence-electron chi connectivity index (χ2n) is 30.6. The lowest BCUT2D eigenvalue weighted by atomic mass is 9.33. The molecule has 1 saturated carbocycles. The molecule has 0 bridgehead atoms. The Balaban J connectivity index is 1.20. The summed E-state index contributed by atoms with van der Waals surface area (Å²) >= 11 is 0. The van der Waals surface area contributed by atoms with Crippen molar-refractivity contribution >= 4 is 68.6 Å². The van der Waals surface area contributed by atoms with Crippen molar-refractivity contribution in [2.24, 2.45) is 5.92 Å². The van der Waals surface area contributed by atoms with Crippen molar-refractivity contribution < 1.29 is 0 Å². The van der Waals surface area contributed by atoms with E-state index in [1.165, 1.54) is 130 Å². The highest BCUT2D eigenvalue weighted by Gasteiger charge is 2.61. The topological polar surface area (TPSA) is 9.72 Å². The standard InChI is InChI=1S/C82H90BN3/c1-53(2)54(3)57-33-41-67-72(47-57)84(69-43-39-60(78(7,8)9)48-64(69)55-27-19-17-20-28-55)74-51-63(86-71-32-24-23-31-66(71)82(46-26-25-45-81(82,86)16)59-36-34-58(35-37-59)77(4,5)6)52-75-76(74)83(67)68-42-38-62(80(13,14)15)50-73(68)85(75)70-44-40-61(79(10,11)12)49-65(70)56-29-21-18-22-30-56/h17-24,27-44,47-54H,25-26,45-46H2,1-16H3. The molecule has 9 aromatic carbocycles.